The van der Waals surface area contributed by atoms with Crippen LogP contribution in [0.1, 0.15) is 35.2 Å². The van der Waals surface area contributed by atoms with Gasteiger partial charge in [0.2, 0.25) is 29.5 Å². The van der Waals surface area contributed by atoms with Gasteiger partial charge in [-0.05, 0) is 48.1 Å². The van der Waals surface area contributed by atoms with E-state index in [0.717, 1.165) is 27.4 Å². The number of carbonyl (C=O) groups is 6. The van der Waals surface area contributed by atoms with E-state index in [-0.39, 0.29) is 56.8 Å². The van der Waals surface area contributed by atoms with Gasteiger partial charge in [-0.25, -0.2) is 9.78 Å². The van der Waals surface area contributed by atoms with Crippen LogP contribution in [0.15, 0.2) is 104 Å². The molecule has 15 N–H and O–H groups in total. The summed E-state index contributed by atoms with van der Waals surface area (Å²) in [5.74, 6) is -5.56. The fourth-order valence-corrected chi connectivity index (χ4v) is 7.84. The maximum Gasteiger partial charge on any atom is 0.327 e. The van der Waals surface area contributed by atoms with E-state index in [1.54, 1.807) is 48.9 Å². The lowest BCUT2D eigenvalue weighted by Gasteiger charge is -2.27. The number of imidazole rings is 1. The third-order valence-electron chi connectivity index (χ3n) is 11.1. The third-order valence-corrected chi connectivity index (χ3v) is 11.5. The van der Waals surface area contributed by atoms with Crippen molar-refractivity contribution in [1.29, 1.82) is 5.41 Å². The Bertz CT molecular complexity index is 2650. The molecule has 6 rings (SSSR count). The Kier molecular flexibility index (Phi) is 17.1. The predicted molar refractivity (Wildman–Crippen MR) is 255 cm³/mol. The molecule has 0 aliphatic heterocycles. The number of fused-ring (bicyclic) bond motifs is 2. The highest BCUT2D eigenvalue weighted by Crippen LogP contribution is 2.21. The Hall–Kier alpha value is -7.65. The van der Waals surface area contributed by atoms with E-state index in [1.807, 2.05) is 48.5 Å². The number of guanidine groups is 1. The maximum atomic E-state index is 14.5. The molecule has 3 aromatic carbocycles. The van der Waals surface area contributed by atoms with E-state index in [4.69, 9.17) is 16.9 Å². The Balaban J connectivity index is 1.24. The number of thiol groups is 1. The van der Waals surface area contributed by atoms with E-state index < -0.39 is 71.8 Å². The molecule has 0 aliphatic rings. The van der Waals surface area contributed by atoms with E-state index in [1.165, 1.54) is 6.33 Å². The molecule has 0 radical (unpaired) electrons. The van der Waals surface area contributed by atoms with Crippen LogP contribution >= 0.6 is 12.6 Å². The number of benzene rings is 3. The van der Waals surface area contributed by atoms with Crippen LogP contribution in [0, 0.1) is 5.41 Å². The van der Waals surface area contributed by atoms with Crippen molar-refractivity contribution in [1.82, 2.24) is 51.8 Å². The molecular weight excluding hydrogens is 879 g/mol. The van der Waals surface area contributed by atoms with Crippen LogP contribution in [0.3, 0.4) is 0 Å². The number of carboxylic acids is 1. The quantitative estimate of drug-likeness (QED) is 0.0173. The van der Waals surface area contributed by atoms with Gasteiger partial charge in [-0.1, -0.05) is 66.7 Å². The van der Waals surface area contributed by atoms with Gasteiger partial charge in [0.25, 0.3) is 0 Å². The van der Waals surface area contributed by atoms with E-state index in [2.05, 4.69) is 64.5 Å². The fraction of sp³-hybridized carbons (Fsp3) is 0.304. The normalized spacial score (nSPS) is 13.9. The molecule has 0 unspecified atom stereocenters. The topological polar surface area (TPSA) is 331 Å². The number of carbonyl (C=O) groups excluding carboxylic acids is 5. The van der Waals surface area contributed by atoms with Crippen molar-refractivity contribution in [2.24, 2.45) is 11.5 Å². The van der Waals surface area contributed by atoms with Crippen LogP contribution in [0.4, 0.5) is 0 Å². The minimum Gasteiger partial charge on any atom is -0.480 e. The SMILES string of the molecule is N=C(N)NCCC[C@H](NC(=O)[C@@H](Cc1ccccc1)NC(=O)[C@H](Cc1c[nH]cn1)NC(=O)[C@@H](N)Cc1c[nH]c2ccccc12)C(=O)N[C@@H](Cc1c[nH]c2ccccc12)C(=O)N[C@@H](CS)C(=O)O. The predicted octanol–water partition coefficient (Wildman–Crippen LogP) is 0.672. The number of rotatable bonds is 24. The highest BCUT2D eigenvalue weighted by atomic mass is 32.1. The number of carboxylic acid groups (broad SMARTS) is 1. The van der Waals surface area contributed by atoms with Crippen molar-refractivity contribution < 1.29 is 33.9 Å². The summed E-state index contributed by atoms with van der Waals surface area (Å²) < 4.78 is 0. The summed E-state index contributed by atoms with van der Waals surface area (Å²) in [6, 6.07) is 16.1. The Labute approximate surface area is 390 Å². The Morgan fingerprint density at radius 1 is 0.642 bits per heavy atom. The van der Waals surface area contributed by atoms with Crippen LogP contribution in [-0.2, 0) is 54.5 Å². The molecule has 6 atom stereocenters. The molecule has 0 saturated heterocycles. The number of para-hydroxylation sites is 2. The number of hydrogen-bond acceptors (Lipinski definition) is 10. The number of nitrogens with zero attached hydrogens (tertiary/aromatic N) is 1. The minimum absolute atomic E-state index is 0.0220. The van der Waals surface area contributed by atoms with Crippen molar-refractivity contribution in [3.8, 4) is 0 Å². The summed E-state index contributed by atoms with van der Waals surface area (Å²) in [7, 11) is 0. The van der Waals surface area contributed by atoms with Gasteiger partial charge < -0.3 is 63.4 Å². The van der Waals surface area contributed by atoms with Gasteiger partial charge >= 0.3 is 5.97 Å². The largest absolute Gasteiger partial charge is 0.480 e. The van der Waals surface area contributed by atoms with Crippen LogP contribution in [0.5, 0.6) is 0 Å². The van der Waals surface area contributed by atoms with Gasteiger partial charge in [-0.2, -0.15) is 12.6 Å². The van der Waals surface area contributed by atoms with Gasteiger partial charge in [0.15, 0.2) is 5.96 Å². The Morgan fingerprint density at radius 2 is 1.15 bits per heavy atom. The molecule has 20 nitrogen and oxygen atoms in total. The van der Waals surface area contributed by atoms with Gasteiger partial charge in [0.1, 0.15) is 30.2 Å². The van der Waals surface area contributed by atoms with Crippen LogP contribution in [-0.4, -0.2) is 115 Å². The number of aromatic amines is 3. The molecule has 3 aromatic heterocycles. The summed E-state index contributed by atoms with van der Waals surface area (Å²) in [6.45, 7) is 0.150. The lowest BCUT2D eigenvalue weighted by Crippen LogP contribution is -2.60. The second-order valence-electron chi connectivity index (χ2n) is 16.0. The second kappa shape index (κ2) is 23.5. The molecule has 352 valence electrons. The molecular formula is C46H55N13O7S. The van der Waals surface area contributed by atoms with Crippen molar-refractivity contribution >= 4 is 75.9 Å². The number of aliphatic carboxylic acids is 1. The highest BCUT2D eigenvalue weighted by molar-refractivity contribution is 7.80. The van der Waals surface area contributed by atoms with Crippen LogP contribution in [0.25, 0.3) is 21.8 Å². The second-order valence-corrected chi connectivity index (χ2v) is 16.4. The average molecular weight is 934 g/mol. The first-order chi connectivity index (χ1) is 32.3. The minimum atomic E-state index is -1.37. The maximum absolute atomic E-state index is 14.5. The van der Waals surface area contributed by atoms with Crippen molar-refractivity contribution in [3.05, 3.63) is 126 Å². The van der Waals surface area contributed by atoms with Crippen molar-refractivity contribution in [2.75, 3.05) is 12.3 Å². The van der Waals surface area contributed by atoms with Crippen LogP contribution in [0.2, 0.25) is 0 Å². The van der Waals surface area contributed by atoms with Crippen molar-refractivity contribution in [3.63, 3.8) is 0 Å². The number of nitrogens with one attached hydrogen (secondary N) is 10. The van der Waals surface area contributed by atoms with Gasteiger partial charge in [0.05, 0.1) is 18.1 Å². The molecule has 0 fully saturated rings. The first-order valence-electron chi connectivity index (χ1n) is 21.6. The summed E-state index contributed by atoms with van der Waals surface area (Å²) in [5.41, 5.74) is 16.1. The lowest BCUT2D eigenvalue weighted by atomic mass is 10.0. The van der Waals surface area contributed by atoms with E-state index in [9.17, 15) is 33.9 Å². The monoisotopic (exact) mass is 933 g/mol. The molecule has 6 aromatic rings. The summed E-state index contributed by atoms with van der Waals surface area (Å²) in [4.78, 5) is 96.0. The number of H-pyrrole nitrogens is 3. The first-order valence-corrected chi connectivity index (χ1v) is 22.2. The standard InChI is InChI=1S/C46H55N13O7S/c47-32(18-27-21-52-33-13-6-4-11-30(27)33)40(60)56-38(20-29-23-50-25-54-29)44(64)57-36(17-26-9-2-1-3-10-26)42(62)55-35(15-8-16-51-46(48)49)41(61)58-37(43(63)59-39(24-67)45(65)66)19-28-22-53-34-14-7-5-12-31(28)34/h1-7,9-14,21-23,25,32,35-39,52-53,67H,8,15-20,24,47H2,(H,50,54)(H,55,62)(H,56,60)(H,57,64)(H,58,61)(H,59,63)(H,65,66)(H4,48,49,51)/t32-,35-,36+,37-,38-,39-/m0/s1. The smallest absolute Gasteiger partial charge is 0.327 e. The number of nitrogens with two attached hydrogens (primary N) is 2. The molecule has 21 heteroatoms. The Morgan fingerprint density at radius 3 is 1.72 bits per heavy atom. The first kappa shape index (κ1) is 48.8. The molecule has 0 saturated carbocycles. The van der Waals surface area contributed by atoms with Crippen LogP contribution < -0.4 is 43.4 Å². The van der Waals surface area contributed by atoms with Gasteiger partial charge in [-0.3, -0.25) is 29.4 Å². The number of amides is 5. The van der Waals surface area contributed by atoms with Gasteiger partial charge in [-0.15, -0.1) is 0 Å². The highest BCUT2D eigenvalue weighted by Gasteiger charge is 2.34. The lowest BCUT2D eigenvalue weighted by molar-refractivity contribution is -0.141. The zero-order valence-corrected chi connectivity index (χ0v) is 37.3. The molecule has 5 amide bonds. The zero-order chi connectivity index (χ0) is 47.9. The zero-order valence-electron chi connectivity index (χ0n) is 36.4. The molecule has 67 heavy (non-hydrogen) atoms. The third kappa shape index (κ3) is 13.7. The molecule has 3 heterocycles. The summed E-state index contributed by atoms with van der Waals surface area (Å²) in [5, 5.41) is 35.1. The van der Waals surface area contributed by atoms with Gasteiger partial charge in [0, 0.05) is 72.0 Å². The number of aromatic nitrogens is 4. The van der Waals surface area contributed by atoms with Crippen molar-refractivity contribution in [2.45, 2.75) is 74.8 Å². The number of hydrogen-bond donors (Lipinski definition) is 14. The molecule has 0 bridgehead atoms. The summed E-state index contributed by atoms with van der Waals surface area (Å²) >= 11 is 4.07. The van der Waals surface area contributed by atoms with E-state index in [0.29, 0.717) is 16.8 Å². The molecule has 0 aliphatic carbocycles. The molecule has 0 spiro atoms. The van der Waals surface area contributed by atoms with E-state index >= 15 is 0 Å². The summed E-state index contributed by atoms with van der Waals surface area (Å²) in [6.07, 6.45) is 6.66. The average Bonchev–Trinajstić information content (AvgIpc) is 4.09. The fourth-order valence-electron chi connectivity index (χ4n) is 7.59.